The van der Waals surface area contributed by atoms with E-state index < -0.39 is 9.04 Å². The van der Waals surface area contributed by atoms with Crippen molar-refractivity contribution in [3.05, 3.63) is 11.1 Å². The first-order valence-corrected chi connectivity index (χ1v) is 17.9. The molecule has 3 unspecified atom stereocenters. The van der Waals surface area contributed by atoms with Crippen molar-refractivity contribution in [3.63, 3.8) is 0 Å². The number of rotatable bonds is 10. The lowest BCUT2D eigenvalue weighted by molar-refractivity contribution is -0.134. The van der Waals surface area contributed by atoms with Crippen molar-refractivity contribution < 1.29 is 19.1 Å². The Bertz CT molecular complexity index is 926. The second kappa shape index (κ2) is 11.8. The third-order valence-corrected chi connectivity index (χ3v) is 14.9. The van der Waals surface area contributed by atoms with Crippen LogP contribution >= 0.6 is 0 Å². The molecule has 0 saturated heterocycles. The van der Waals surface area contributed by atoms with Crippen LogP contribution in [-0.2, 0) is 14.0 Å². The number of unbranched alkanes of at least 4 members (excludes halogenated alkanes) is 4. The number of Topliss-reactive ketones (excluding diaryl/α,β-unsaturated/α-hetero) is 2. The number of allylic oxidation sites excluding steroid dienone is 1. The molecular weight excluding hydrogens is 500 g/mol. The third-order valence-electron chi connectivity index (χ3n) is 11.2. The summed E-state index contributed by atoms with van der Waals surface area (Å²) < 4.78 is 6.51. The lowest BCUT2D eigenvalue weighted by Crippen LogP contribution is -2.54. The van der Waals surface area contributed by atoms with Gasteiger partial charge < -0.3 is 9.53 Å². The normalized spacial score (nSPS) is 32.3. The Morgan fingerprint density at radius 3 is 2.26 bits per heavy atom. The Kier molecular flexibility index (Phi) is 9.46. The van der Waals surface area contributed by atoms with Gasteiger partial charge in [0.1, 0.15) is 11.6 Å². The molecule has 3 saturated carbocycles. The van der Waals surface area contributed by atoms with Crippen LogP contribution in [0.15, 0.2) is 11.1 Å². The van der Waals surface area contributed by atoms with Crippen molar-refractivity contribution in [1.29, 1.82) is 0 Å². The van der Waals surface area contributed by atoms with E-state index in [0.29, 0.717) is 36.7 Å². The van der Waals surface area contributed by atoms with Gasteiger partial charge in [0.05, 0.1) is 6.10 Å². The number of aliphatic hydroxyl groups is 1. The average molecular weight is 559 g/mol. The second-order valence-electron chi connectivity index (χ2n) is 16.0. The Balaban J connectivity index is 1.34. The van der Waals surface area contributed by atoms with Crippen molar-refractivity contribution in [2.75, 3.05) is 6.61 Å². The molecule has 3 fully saturated rings. The van der Waals surface area contributed by atoms with Crippen LogP contribution in [0.2, 0.25) is 10.1 Å². The van der Waals surface area contributed by atoms with Crippen LogP contribution in [-0.4, -0.2) is 38.4 Å². The summed E-state index contributed by atoms with van der Waals surface area (Å²) in [5.41, 5.74) is 2.49. The highest BCUT2D eigenvalue weighted by Crippen LogP contribution is 2.66. The summed E-state index contributed by atoms with van der Waals surface area (Å²) in [5.74, 6) is 1.50. The molecule has 4 rings (SSSR count). The van der Waals surface area contributed by atoms with Crippen molar-refractivity contribution >= 4 is 20.6 Å². The highest BCUT2D eigenvalue weighted by molar-refractivity contribution is 6.58. The van der Waals surface area contributed by atoms with Gasteiger partial charge in [0.2, 0.25) is 0 Å². The molecule has 0 aromatic heterocycles. The molecule has 0 aromatic carbocycles. The molecule has 4 aliphatic carbocycles. The number of carbonyl (C=O) groups excluding carboxylic acids is 2. The highest BCUT2D eigenvalue weighted by Gasteiger charge is 2.63. The maximum Gasteiger partial charge on any atom is 0.187 e. The maximum absolute atomic E-state index is 13.1. The zero-order valence-electron chi connectivity index (χ0n) is 26.3. The topological polar surface area (TPSA) is 63.6 Å². The molecule has 0 aromatic rings. The van der Waals surface area contributed by atoms with Gasteiger partial charge in [-0.2, -0.15) is 0 Å². The minimum Gasteiger partial charge on any atom is -0.419 e. The lowest BCUT2D eigenvalue weighted by Gasteiger charge is -2.58. The fourth-order valence-electron chi connectivity index (χ4n) is 9.72. The third kappa shape index (κ3) is 6.21. The molecule has 0 bridgehead atoms. The molecule has 5 atom stereocenters. The smallest absolute Gasteiger partial charge is 0.187 e. The van der Waals surface area contributed by atoms with E-state index in [0.717, 1.165) is 70.8 Å². The summed E-state index contributed by atoms with van der Waals surface area (Å²) in [7, 11) is -1.34. The van der Waals surface area contributed by atoms with Crippen LogP contribution in [0, 0.1) is 22.7 Å². The first-order chi connectivity index (χ1) is 18.2. The summed E-state index contributed by atoms with van der Waals surface area (Å²) in [6.45, 7) is 17.1. The lowest BCUT2D eigenvalue weighted by atomic mass is 9.46. The van der Waals surface area contributed by atoms with E-state index in [9.17, 15) is 14.7 Å². The van der Waals surface area contributed by atoms with Crippen molar-refractivity contribution in [2.24, 2.45) is 22.7 Å². The SMILES string of the molecule is CC(C)(C)[SiH](OCCCCCCCC(O)C12CCC3CC(=O)CCC3=C1CC[C@]1(C)C(=O)CC[C@@H]21)C(C)(C)C. The fourth-order valence-corrected chi connectivity index (χ4v) is 13.7. The Hall–Kier alpha value is -0.783. The molecule has 39 heavy (non-hydrogen) atoms. The zero-order chi connectivity index (χ0) is 28.6. The number of aliphatic hydroxyl groups excluding tert-OH is 1. The van der Waals surface area contributed by atoms with Gasteiger partial charge in [-0.25, -0.2) is 0 Å². The van der Waals surface area contributed by atoms with E-state index in [1.54, 1.807) is 0 Å². The van der Waals surface area contributed by atoms with Gasteiger partial charge >= 0.3 is 0 Å². The monoisotopic (exact) mass is 558 g/mol. The molecule has 0 spiro atoms. The number of carbonyl (C=O) groups is 2. The average Bonchev–Trinajstić information content (AvgIpc) is 3.15. The highest BCUT2D eigenvalue weighted by atomic mass is 28.3. The molecule has 1 N–H and O–H groups in total. The molecule has 4 aliphatic rings. The predicted molar refractivity (Wildman–Crippen MR) is 162 cm³/mol. The van der Waals surface area contributed by atoms with Crippen LogP contribution in [0.4, 0.5) is 0 Å². The molecular formula is C34H58O4Si. The van der Waals surface area contributed by atoms with Gasteiger partial charge in [-0.15, -0.1) is 0 Å². The second-order valence-corrected chi connectivity index (χ2v) is 20.6. The first kappa shape index (κ1) is 31.2. The van der Waals surface area contributed by atoms with Crippen LogP contribution in [0.5, 0.6) is 0 Å². The first-order valence-electron chi connectivity index (χ1n) is 16.3. The molecule has 0 aliphatic heterocycles. The van der Waals surface area contributed by atoms with E-state index in [1.807, 2.05) is 0 Å². The van der Waals surface area contributed by atoms with Gasteiger partial charge in [-0.1, -0.05) is 85.3 Å². The fraction of sp³-hybridized carbons (Fsp3) is 0.882. The standard InChI is InChI=1S/C34H58O4Si/c1-31(2,3)39(32(4,5)6)38-22-12-10-8-9-11-13-30(37)34-21-18-24-23-25(35)14-15-26(24)27(34)19-20-33(7)28(34)16-17-29(33)36/h24,28,30,37,39H,8-23H2,1-7H3/t24?,28-,30?,33+,34?/m1/s1. The van der Waals surface area contributed by atoms with Gasteiger partial charge in [0, 0.05) is 36.7 Å². The van der Waals surface area contributed by atoms with Gasteiger partial charge in [-0.3, -0.25) is 9.59 Å². The van der Waals surface area contributed by atoms with Crippen LogP contribution < -0.4 is 0 Å². The van der Waals surface area contributed by atoms with Crippen molar-refractivity contribution in [1.82, 2.24) is 0 Å². The molecule has 0 amide bonds. The Labute approximate surface area is 240 Å². The number of hydrogen-bond donors (Lipinski definition) is 1. The van der Waals surface area contributed by atoms with Gasteiger partial charge in [-0.05, 0) is 73.3 Å². The number of fused-ring (bicyclic) bond motifs is 4. The van der Waals surface area contributed by atoms with Crippen LogP contribution in [0.1, 0.15) is 145 Å². The summed E-state index contributed by atoms with van der Waals surface area (Å²) in [5, 5.41) is 12.5. The molecule has 0 heterocycles. The zero-order valence-corrected chi connectivity index (χ0v) is 27.4. The van der Waals surface area contributed by atoms with Crippen LogP contribution in [0.3, 0.4) is 0 Å². The van der Waals surface area contributed by atoms with Crippen LogP contribution in [0.25, 0.3) is 0 Å². The van der Waals surface area contributed by atoms with Crippen molar-refractivity contribution in [2.45, 2.75) is 161 Å². The molecule has 4 nitrogen and oxygen atoms in total. The number of ketones is 2. The summed E-state index contributed by atoms with van der Waals surface area (Å²) >= 11 is 0. The maximum atomic E-state index is 13.1. The van der Waals surface area contributed by atoms with Gasteiger partial charge in [0.25, 0.3) is 0 Å². The van der Waals surface area contributed by atoms with E-state index in [2.05, 4.69) is 48.5 Å². The minimum atomic E-state index is -1.34. The summed E-state index contributed by atoms with van der Waals surface area (Å²) in [6.07, 6.45) is 13.9. The van der Waals surface area contributed by atoms with E-state index in [-0.39, 0.29) is 32.9 Å². The Morgan fingerprint density at radius 1 is 0.897 bits per heavy atom. The Morgan fingerprint density at radius 2 is 1.56 bits per heavy atom. The van der Waals surface area contributed by atoms with Crippen molar-refractivity contribution in [3.8, 4) is 0 Å². The molecule has 5 heteroatoms. The van der Waals surface area contributed by atoms with E-state index >= 15 is 0 Å². The van der Waals surface area contributed by atoms with E-state index in [1.165, 1.54) is 24.0 Å². The largest absolute Gasteiger partial charge is 0.419 e. The van der Waals surface area contributed by atoms with Gasteiger partial charge in [0.15, 0.2) is 9.04 Å². The minimum absolute atomic E-state index is 0.237. The molecule has 0 radical (unpaired) electrons. The van der Waals surface area contributed by atoms with E-state index in [4.69, 9.17) is 4.43 Å². The quantitative estimate of drug-likeness (QED) is 0.167. The summed E-state index contributed by atoms with van der Waals surface area (Å²) in [4.78, 5) is 25.3. The predicted octanol–water partition coefficient (Wildman–Crippen LogP) is 8.25. The number of hydrogen-bond acceptors (Lipinski definition) is 4. The molecule has 222 valence electrons. The summed E-state index contributed by atoms with van der Waals surface area (Å²) in [6, 6.07) is 0.